The molecule has 0 spiro atoms. The minimum atomic E-state index is -0.505. The summed E-state index contributed by atoms with van der Waals surface area (Å²) >= 11 is 6.13. The lowest BCUT2D eigenvalue weighted by Crippen LogP contribution is -2.32. The Balaban J connectivity index is 2.07. The first-order valence-electron chi connectivity index (χ1n) is 6.32. The largest absolute Gasteiger partial charge is 0.444 e. The number of amides is 1. The van der Waals surface area contributed by atoms with Crippen molar-refractivity contribution in [3.63, 3.8) is 0 Å². The first kappa shape index (κ1) is 14.7. The van der Waals surface area contributed by atoms with E-state index in [1.54, 1.807) is 6.20 Å². The third-order valence-electron chi connectivity index (χ3n) is 2.66. The molecule has 1 N–H and O–H groups in total. The van der Waals surface area contributed by atoms with Gasteiger partial charge in [-0.15, -0.1) is 0 Å². The van der Waals surface area contributed by atoms with Crippen LogP contribution < -0.4 is 5.32 Å². The van der Waals surface area contributed by atoms with E-state index in [-0.39, 0.29) is 0 Å². The number of nitrogens with one attached hydrogen (secondary N) is 1. The summed E-state index contributed by atoms with van der Waals surface area (Å²) in [6, 6.07) is 1.92. The fourth-order valence-electron chi connectivity index (χ4n) is 1.84. The minimum absolute atomic E-state index is 0.350. The van der Waals surface area contributed by atoms with Crippen LogP contribution in [-0.2, 0) is 18.3 Å². The highest BCUT2D eigenvalue weighted by molar-refractivity contribution is 6.35. The number of rotatable bonds is 2. The van der Waals surface area contributed by atoms with E-state index in [9.17, 15) is 4.79 Å². The van der Waals surface area contributed by atoms with Gasteiger partial charge in [0, 0.05) is 31.4 Å². The number of hydrogen-bond donors (Lipinski definition) is 1. The summed E-state index contributed by atoms with van der Waals surface area (Å²) in [4.78, 5) is 15.9. The summed E-state index contributed by atoms with van der Waals surface area (Å²) in [6.07, 6.45) is 3.08. The van der Waals surface area contributed by atoms with Crippen molar-refractivity contribution in [1.29, 1.82) is 0 Å². The number of pyridine rings is 1. The molecule has 2 aromatic rings. The Morgan fingerprint density at radius 3 is 2.85 bits per heavy atom. The zero-order valence-electron chi connectivity index (χ0n) is 12.0. The number of halogens is 1. The Bertz CT molecular complexity index is 644. The maximum absolute atomic E-state index is 11.6. The van der Waals surface area contributed by atoms with Crippen LogP contribution in [0.15, 0.2) is 18.5 Å². The first-order valence-corrected chi connectivity index (χ1v) is 6.70. The lowest BCUT2D eigenvalue weighted by atomic mass is 10.2. The molecule has 0 aromatic carbocycles. The molecular formula is C14H18ClN3O2. The van der Waals surface area contributed by atoms with Gasteiger partial charge in [0.2, 0.25) is 0 Å². The monoisotopic (exact) mass is 295 g/mol. The lowest BCUT2D eigenvalue weighted by Gasteiger charge is -2.19. The van der Waals surface area contributed by atoms with Gasteiger partial charge >= 0.3 is 6.09 Å². The topological polar surface area (TPSA) is 56.2 Å². The molecule has 0 radical (unpaired) electrons. The number of carbonyl (C=O) groups is 1. The average molecular weight is 296 g/mol. The van der Waals surface area contributed by atoms with Gasteiger partial charge in [-0.1, -0.05) is 11.6 Å². The highest BCUT2D eigenvalue weighted by Gasteiger charge is 2.16. The van der Waals surface area contributed by atoms with Crippen LogP contribution in [0.2, 0.25) is 5.02 Å². The molecule has 0 saturated carbocycles. The zero-order chi connectivity index (χ0) is 14.9. The third-order valence-corrected chi connectivity index (χ3v) is 2.96. The number of carbonyl (C=O) groups excluding carboxylic acids is 1. The van der Waals surface area contributed by atoms with E-state index in [1.807, 2.05) is 44.6 Å². The highest BCUT2D eigenvalue weighted by atomic mass is 35.5. The second-order valence-electron chi connectivity index (χ2n) is 5.66. The van der Waals surface area contributed by atoms with Crippen LogP contribution in [0, 0.1) is 0 Å². The van der Waals surface area contributed by atoms with Crippen LogP contribution in [0.4, 0.5) is 4.79 Å². The molecule has 2 heterocycles. The molecule has 0 bridgehead atoms. The molecule has 0 aliphatic carbocycles. The van der Waals surface area contributed by atoms with E-state index in [4.69, 9.17) is 16.3 Å². The van der Waals surface area contributed by atoms with E-state index >= 15 is 0 Å². The second kappa shape index (κ2) is 5.32. The molecule has 2 rings (SSSR count). The predicted molar refractivity (Wildman–Crippen MR) is 78.8 cm³/mol. The van der Waals surface area contributed by atoms with E-state index in [1.165, 1.54) is 0 Å². The molecule has 2 aromatic heterocycles. The van der Waals surface area contributed by atoms with Gasteiger partial charge in [-0.25, -0.2) is 9.78 Å². The molecule has 0 saturated heterocycles. The maximum atomic E-state index is 11.6. The van der Waals surface area contributed by atoms with Crippen molar-refractivity contribution < 1.29 is 9.53 Å². The molecule has 5 nitrogen and oxygen atoms in total. The van der Waals surface area contributed by atoms with Crippen molar-refractivity contribution in [1.82, 2.24) is 14.9 Å². The highest BCUT2D eigenvalue weighted by Crippen LogP contribution is 2.24. The van der Waals surface area contributed by atoms with Crippen LogP contribution >= 0.6 is 11.6 Å². The molecule has 0 unspecified atom stereocenters. The maximum Gasteiger partial charge on any atom is 0.407 e. The van der Waals surface area contributed by atoms with E-state index in [2.05, 4.69) is 10.3 Å². The van der Waals surface area contributed by atoms with Crippen molar-refractivity contribution in [2.45, 2.75) is 32.9 Å². The molecule has 6 heteroatoms. The average Bonchev–Trinajstić information content (AvgIpc) is 2.60. The smallest absolute Gasteiger partial charge is 0.407 e. The molecule has 1 amide bonds. The summed E-state index contributed by atoms with van der Waals surface area (Å²) in [5.74, 6) is 0. The van der Waals surface area contributed by atoms with Crippen molar-refractivity contribution >= 4 is 28.7 Å². The van der Waals surface area contributed by atoms with Gasteiger partial charge in [-0.3, -0.25) is 0 Å². The summed E-state index contributed by atoms with van der Waals surface area (Å²) in [5, 5.41) is 4.22. The number of hydrogen-bond acceptors (Lipinski definition) is 3. The van der Waals surface area contributed by atoms with Crippen molar-refractivity contribution in [2.75, 3.05) is 0 Å². The van der Waals surface area contributed by atoms with Gasteiger partial charge < -0.3 is 14.6 Å². The molecular weight excluding hydrogens is 278 g/mol. The molecule has 108 valence electrons. The minimum Gasteiger partial charge on any atom is -0.444 e. The summed E-state index contributed by atoms with van der Waals surface area (Å²) < 4.78 is 7.04. The third kappa shape index (κ3) is 3.42. The summed E-state index contributed by atoms with van der Waals surface area (Å²) in [6.45, 7) is 5.82. The zero-order valence-corrected chi connectivity index (χ0v) is 12.8. The normalized spacial score (nSPS) is 11.7. The van der Waals surface area contributed by atoms with Crippen molar-refractivity contribution in [2.24, 2.45) is 7.05 Å². The SMILES string of the molecule is Cn1cc(Cl)c2cc(CNC(=O)OC(C)(C)C)cnc21. The van der Waals surface area contributed by atoms with Gasteiger partial charge in [0.15, 0.2) is 0 Å². The fourth-order valence-corrected chi connectivity index (χ4v) is 2.13. The Kier molecular flexibility index (Phi) is 3.90. The molecule has 0 aliphatic heterocycles. The number of fused-ring (bicyclic) bond motifs is 1. The molecule has 0 aliphatic rings. The number of nitrogens with zero attached hydrogens (tertiary/aromatic N) is 2. The second-order valence-corrected chi connectivity index (χ2v) is 6.07. The molecule has 0 fully saturated rings. The quantitative estimate of drug-likeness (QED) is 0.925. The number of ether oxygens (including phenoxy) is 1. The van der Waals surface area contributed by atoms with Gasteiger partial charge in [-0.2, -0.15) is 0 Å². The number of aryl methyl sites for hydroxylation is 1. The van der Waals surface area contributed by atoms with Crippen LogP contribution in [-0.4, -0.2) is 21.2 Å². The lowest BCUT2D eigenvalue weighted by molar-refractivity contribution is 0.0523. The summed E-state index contributed by atoms with van der Waals surface area (Å²) in [7, 11) is 1.89. The standard InChI is InChI=1S/C14H18ClN3O2/c1-14(2,3)20-13(19)17-7-9-5-10-11(15)8-18(4)12(10)16-6-9/h5-6,8H,7H2,1-4H3,(H,17,19). The fraction of sp³-hybridized carbons (Fsp3) is 0.429. The number of aromatic nitrogens is 2. The Morgan fingerprint density at radius 2 is 2.20 bits per heavy atom. The summed E-state index contributed by atoms with van der Waals surface area (Å²) in [5.41, 5.74) is 1.18. The van der Waals surface area contributed by atoms with Crippen LogP contribution in [0.5, 0.6) is 0 Å². The van der Waals surface area contributed by atoms with E-state index in [0.717, 1.165) is 16.6 Å². The van der Waals surface area contributed by atoms with Crippen molar-refractivity contribution in [3.05, 3.63) is 29.0 Å². The van der Waals surface area contributed by atoms with Gasteiger partial charge in [0.05, 0.1) is 5.02 Å². The van der Waals surface area contributed by atoms with Gasteiger partial charge in [0.25, 0.3) is 0 Å². The first-order chi connectivity index (χ1) is 9.26. The Hall–Kier alpha value is -1.75. The van der Waals surface area contributed by atoms with Gasteiger partial charge in [-0.05, 0) is 32.4 Å². The Labute approximate surface area is 122 Å². The Morgan fingerprint density at radius 1 is 1.50 bits per heavy atom. The van der Waals surface area contributed by atoms with Crippen LogP contribution in [0.1, 0.15) is 26.3 Å². The van der Waals surface area contributed by atoms with Crippen molar-refractivity contribution in [3.8, 4) is 0 Å². The van der Waals surface area contributed by atoms with E-state index in [0.29, 0.717) is 11.6 Å². The molecule has 0 atom stereocenters. The van der Waals surface area contributed by atoms with E-state index < -0.39 is 11.7 Å². The van der Waals surface area contributed by atoms with Gasteiger partial charge in [0.1, 0.15) is 11.2 Å². The van der Waals surface area contributed by atoms with Crippen LogP contribution in [0.25, 0.3) is 11.0 Å². The molecule has 20 heavy (non-hydrogen) atoms. The number of alkyl carbamates (subject to hydrolysis) is 1. The predicted octanol–water partition coefficient (Wildman–Crippen LogP) is 3.25. The van der Waals surface area contributed by atoms with Crippen LogP contribution in [0.3, 0.4) is 0 Å².